The van der Waals surface area contributed by atoms with Gasteiger partial charge < -0.3 is 0 Å². The molecule has 0 aliphatic heterocycles. The Morgan fingerprint density at radius 3 is 2.94 bits per heavy atom. The highest BCUT2D eigenvalue weighted by molar-refractivity contribution is 7.17. The lowest BCUT2D eigenvalue weighted by Crippen LogP contribution is -1.85. The zero-order chi connectivity index (χ0) is 12.5. The van der Waals surface area contributed by atoms with E-state index in [2.05, 4.69) is 32.5 Å². The van der Waals surface area contributed by atoms with Crippen LogP contribution < -0.4 is 0 Å². The summed E-state index contributed by atoms with van der Waals surface area (Å²) in [6.07, 6.45) is 9.42. The summed E-state index contributed by atoms with van der Waals surface area (Å²) in [4.78, 5) is 14.9. The van der Waals surface area contributed by atoms with E-state index in [1.165, 1.54) is 4.88 Å². The van der Waals surface area contributed by atoms with Gasteiger partial charge in [-0.15, -0.1) is 11.3 Å². The van der Waals surface area contributed by atoms with Crippen molar-refractivity contribution in [3.8, 4) is 0 Å². The number of hydrogen-bond acceptors (Lipinski definition) is 4. The van der Waals surface area contributed by atoms with Gasteiger partial charge in [-0.25, -0.2) is 15.0 Å². The van der Waals surface area contributed by atoms with E-state index < -0.39 is 0 Å². The molecular formula is C13H12N4S. The molecule has 0 aliphatic rings. The van der Waals surface area contributed by atoms with E-state index in [4.69, 9.17) is 0 Å². The minimum atomic E-state index is 0.895. The fraction of sp³-hybridized carbons (Fsp3) is 0.154. The van der Waals surface area contributed by atoms with Gasteiger partial charge in [-0.05, 0) is 32.1 Å². The fourth-order valence-electron chi connectivity index (χ4n) is 1.85. The zero-order valence-corrected chi connectivity index (χ0v) is 11.0. The fourth-order valence-corrected chi connectivity index (χ4v) is 2.72. The second-order valence-corrected chi connectivity index (χ2v) is 5.26. The molecule has 0 spiro atoms. The topological polar surface area (TPSA) is 43.1 Å². The summed E-state index contributed by atoms with van der Waals surface area (Å²) in [7, 11) is 0. The molecule has 3 heterocycles. The second-order valence-electron chi connectivity index (χ2n) is 4.04. The maximum atomic E-state index is 4.54. The van der Waals surface area contributed by atoms with Crippen LogP contribution >= 0.6 is 11.3 Å². The number of imidazole rings is 1. The molecule has 5 heteroatoms. The Hall–Kier alpha value is -2.01. The van der Waals surface area contributed by atoms with E-state index in [1.807, 2.05) is 25.1 Å². The minimum absolute atomic E-state index is 0.895. The summed E-state index contributed by atoms with van der Waals surface area (Å²) in [6, 6.07) is 1.88. The predicted octanol–water partition coefficient (Wildman–Crippen LogP) is 2.97. The van der Waals surface area contributed by atoms with Crippen molar-refractivity contribution in [2.24, 2.45) is 0 Å². The van der Waals surface area contributed by atoms with E-state index >= 15 is 0 Å². The first-order valence-electron chi connectivity index (χ1n) is 5.63. The monoisotopic (exact) mass is 256 g/mol. The van der Waals surface area contributed by atoms with E-state index in [0.29, 0.717) is 0 Å². The third-order valence-electron chi connectivity index (χ3n) is 2.68. The Kier molecular flexibility index (Phi) is 2.68. The Bertz CT molecular complexity index is 709. The summed E-state index contributed by atoms with van der Waals surface area (Å²) < 4.78 is 2.12. The van der Waals surface area contributed by atoms with Crippen LogP contribution in [0.25, 0.3) is 17.1 Å². The van der Waals surface area contributed by atoms with Crippen molar-refractivity contribution in [2.75, 3.05) is 0 Å². The van der Waals surface area contributed by atoms with Crippen molar-refractivity contribution in [2.45, 2.75) is 13.8 Å². The number of hydrogen-bond donors (Lipinski definition) is 0. The highest BCUT2D eigenvalue weighted by atomic mass is 32.1. The zero-order valence-electron chi connectivity index (χ0n) is 10.2. The highest BCUT2D eigenvalue weighted by Crippen LogP contribution is 2.21. The highest BCUT2D eigenvalue weighted by Gasteiger charge is 2.08. The molecule has 3 aromatic rings. The summed E-state index contributed by atoms with van der Waals surface area (Å²) in [5.74, 6) is 0. The van der Waals surface area contributed by atoms with Crippen LogP contribution in [0.2, 0.25) is 0 Å². The number of aromatic nitrogens is 4. The molecule has 0 saturated carbocycles. The molecule has 90 valence electrons. The number of aryl methyl sites for hydroxylation is 2. The maximum absolute atomic E-state index is 4.54. The number of fused-ring (bicyclic) bond motifs is 1. The molecule has 0 unspecified atom stereocenters. The number of thiazole rings is 1. The van der Waals surface area contributed by atoms with Crippen molar-refractivity contribution in [3.63, 3.8) is 0 Å². The van der Waals surface area contributed by atoms with Crippen LogP contribution in [0.15, 0.2) is 24.8 Å². The first-order valence-corrected chi connectivity index (χ1v) is 6.45. The van der Waals surface area contributed by atoms with E-state index in [-0.39, 0.29) is 0 Å². The Morgan fingerprint density at radius 2 is 2.17 bits per heavy atom. The first-order chi connectivity index (χ1) is 8.74. The van der Waals surface area contributed by atoms with Crippen LogP contribution in [-0.2, 0) is 0 Å². The largest absolute Gasteiger partial charge is 0.290 e. The lowest BCUT2D eigenvalue weighted by molar-refractivity contribution is 1.15. The molecule has 18 heavy (non-hydrogen) atoms. The third kappa shape index (κ3) is 1.93. The van der Waals surface area contributed by atoms with E-state index in [9.17, 15) is 0 Å². The molecular weight excluding hydrogens is 244 g/mol. The second kappa shape index (κ2) is 4.34. The molecule has 0 saturated heterocycles. The molecule has 0 aromatic carbocycles. The molecule has 0 bridgehead atoms. The van der Waals surface area contributed by atoms with Crippen molar-refractivity contribution < 1.29 is 0 Å². The van der Waals surface area contributed by atoms with Gasteiger partial charge in [-0.1, -0.05) is 0 Å². The normalized spacial score (nSPS) is 11.7. The lowest BCUT2D eigenvalue weighted by Gasteiger charge is -1.93. The van der Waals surface area contributed by atoms with Gasteiger partial charge in [0.1, 0.15) is 6.33 Å². The Balaban J connectivity index is 2.04. The van der Waals surface area contributed by atoms with Crippen LogP contribution in [-0.4, -0.2) is 19.4 Å². The van der Waals surface area contributed by atoms with Gasteiger partial charge in [0.15, 0.2) is 4.96 Å². The average Bonchev–Trinajstić information content (AvgIpc) is 2.84. The molecule has 0 radical (unpaired) electrons. The third-order valence-corrected chi connectivity index (χ3v) is 3.58. The number of rotatable bonds is 2. The molecule has 3 aromatic heterocycles. The van der Waals surface area contributed by atoms with E-state index in [1.54, 1.807) is 23.9 Å². The van der Waals surface area contributed by atoms with Gasteiger partial charge in [0, 0.05) is 17.3 Å². The van der Waals surface area contributed by atoms with Crippen LogP contribution in [0.1, 0.15) is 22.0 Å². The smallest absolute Gasteiger partial charge is 0.194 e. The Morgan fingerprint density at radius 1 is 1.28 bits per heavy atom. The van der Waals surface area contributed by atoms with Crippen molar-refractivity contribution in [1.29, 1.82) is 0 Å². The summed E-state index contributed by atoms with van der Waals surface area (Å²) in [5, 5.41) is 0. The molecule has 0 N–H and O–H groups in total. The summed E-state index contributed by atoms with van der Waals surface area (Å²) in [6.45, 7) is 4.11. The average molecular weight is 256 g/mol. The van der Waals surface area contributed by atoms with Crippen molar-refractivity contribution in [1.82, 2.24) is 19.4 Å². The van der Waals surface area contributed by atoms with Crippen LogP contribution in [0.3, 0.4) is 0 Å². The van der Waals surface area contributed by atoms with Crippen molar-refractivity contribution in [3.05, 3.63) is 46.7 Å². The van der Waals surface area contributed by atoms with Gasteiger partial charge in [0.05, 0.1) is 17.1 Å². The molecule has 0 aliphatic carbocycles. The van der Waals surface area contributed by atoms with E-state index in [0.717, 1.165) is 22.0 Å². The SMILES string of the molecule is Cc1cn2c(C=Cc3ccncn3)c(C)nc2s1. The van der Waals surface area contributed by atoms with Gasteiger partial charge in [-0.2, -0.15) is 0 Å². The van der Waals surface area contributed by atoms with Gasteiger partial charge in [0.25, 0.3) is 0 Å². The predicted molar refractivity (Wildman–Crippen MR) is 73.5 cm³/mol. The first kappa shape index (κ1) is 11.1. The quantitative estimate of drug-likeness (QED) is 0.708. The molecule has 0 atom stereocenters. The number of nitrogens with zero attached hydrogens (tertiary/aromatic N) is 4. The van der Waals surface area contributed by atoms with Crippen LogP contribution in [0.5, 0.6) is 0 Å². The molecule has 0 fully saturated rings. The summed E-state index contributed by atoms with van der Waals surface area (Å²) in [5.41, 5.74) is 3.03. The summed E-state index contributed by atoms with van der Waals surface area (Å²) >= 11 is 1.70. The maximum Gasteiger partial charge on any atom is 0.194 e. The standard InChI is InChI=1S/C13H12N4S/c1-9-7-17-12(10(2)16-13(17)18-9)4-3-11-5-6-14-8-15-11/h3-8H,1-2H3. The van der Waals surface area contributed by atoms with Gasteiger partial charge >= 0.3 is 0 Å². The molecule has 4 nitrogen and oxygen atoms in total. The van der Waals surface area contributed by atoms with Crippen LogP contribution in [0, 0.1) is 13.8 Å². The molecule has 0 amide bonds. The Labute approximate surface area is 109 Å². The van der Waals surface area contributed by atoms with Crippen molar-refractivity contribution >= 4 is 28.4 Å². The minimum Gasteiger partial charge on any atom is -0.290 e. The van der Waals surface area contributed by atoms with Gasteiger partial charge in [-0.3, -0.25) is 4.40 Å². The van der Waals surface area contributed by atoms with Crippen LogP contribution in [0.4, 0.5) is 0 Å². The molecule has 3 rings (SSSR count). The van der Waals surface area contributed by atoms with Gasteiger partial charge in [0.2, 0.25) is 0 Å². The lowest BCUT2D eigenvalue weighted by atomic mass is 10.3.